The molecule has 25 heavy (non-hydrogen) atoms. The summed E-state index contributed by atoms with van der Waals surface area (Å²) in [6.45, 7) is 7.63. The van der Waals surface area contributed by atoms with E-state index in [4.69, 9.17) is 0 Å². The third-order valence-electron chi connectivity index (χ3n) is 4.96. The molecule has 0 unspecified atom stereocenters. The first-order valence-electron chi connectivity index (χ1n) is 9.40. The van der Waals surface area contributed by atoms with Crippen LogP contribution in [0.2, 0.25) is 0 Å². The number of nitrogens with zero attached hydrogens (tertiary/aromatic N) is 4. The van der Waals surface area contributed by atoms with Gasteiger partial charge in [-0.1, -0.05) is 26.7 Å². The van der Waals surface area contributed by atoms with Gasteiger partial charge in [-0.25, -0.2) is 0 Å². The molecule has 1 aromatic heterocycles. The maximum absolute atomic E-state index is 4.38. The maximum atomic E-state index is 4.38. The summed E-state index contributed by atoms with van der Waals surface area (Å²) in [6.07, 6.45) is 12.5. The number of guanidine groups is 1. The molecule has 1 aromatic rings. The van der Waals surface area contributed by atoms with Crippen molar-refractivity contribution >= 4 is 29.9 Å². The van der Waals surface area contributed by atoms with E-state index < -0.39 is 0 Å². The van der Waals surface area contributed by atoms with Crippen LogP contribution >= 0.6 is 24.0 Å². The van der Waals surface area contributed by atoms with E-state index in [0.717, 1.165) is 44.4 Å². The van der Waals surface area contributed by atoms with Crippen LogP contribution in [-0.4, -0.2) is 40.9 Å². The van der Waals surface area contributed by atoms with Crippen LogP contribution in [0, 0.1) is 11.3 Å². The number of aliphatic imine (C=N–C) groups is 1. The number of unbranched alkanes of at least 4 members (excludes halogenated alkanes) is 1. The Morgan fingerprint density at radius 2 is 1.84 bits per heavy atom. The average Bonchev–Trinajstić information content (AvgIpc) is 3.22. The summed E-state index contributed by atoms with van der Waals surface area (Å²) in [5.41, 5.74) is 0.472. The number of hydrogen-bond donors (Lipinski definition) is 2. The molecule has 0 atom stereocenters. The molecular formula is C18H35IN6. The Hall–Kier alpha value is -0.860. The quantitative estimate of drug-likeness (QED) is 0.255. The SMILES string of the molecule is CN=C(NCCCCn1cnnc1)NCC1(CC(C)C)CCCC1.I. The number of aryl methyl sites for hydroxylation is 1. The minimum Gasteiger partial charge on any atom is -0.356 e. The minimum absolute atomic E-state index is 0. The number of aromatic nitrogens is 3. The summed E-state index contributed by atoms with van der Waals surface area (Å²) in [4.78, 5) is 4.38. The van der Waals surface area contributed by atoms with E-state index in [1.54, 1.807) is 12.7 Å². The van der Waals surface area contributed by atoms with Gasteiger partial charge in [-0.3, -0.25) is 4.99 Å². The van der Waals surface area contributed by atoms with Crippen LogP contribution in [0.4, 0.5) is 0 Å². The molecule has 1 heterocycles. The summed E-state index contributed by atoms with van der Waals surface area (Å²) < 4.78 is 2.02. The van der Waals surface area contributed by atoms with Crippen molar-refractivity contribution in [3.63, 3.8) is 0 Å². The fourth-order valence-corrected chi connectivity index (χ4v) is 3.90. The zero-order valence-corrected chi connectivity index (χ0v) is 18.3. The monoisotopic (exact) mass is 462 g/mol. The molecule has 0 bridgehead atoms. The van der Waals surface area contributed by atoms with Gasteiger partial charge in [-0.2, -0.15) is 0 Å². The summed E-state index contributed by atoms with van der Waals surface area (Å²) in [7, 11) is 1.86. The van der Waals surface area contributed by atoms with Crippen molar-refractivity contribution in [3.8, 4) is 0 Å². The first-order valence-corrected chi connectivity index (χ1v) is 9.40. The van der Waals surface area contributed by atoms with Crippen molar-refractivity contribution in [2.45, 2.75) is 65.3 Å². The van der Waals surface area contributed by atoms with Crippen molar-refractivity contribution < 1.29 is 0 Å². The molecule has 1 fully saturated rings. The lowest BCUT2D eigenvalue weighted by Gasteiger charge is -2.32. The molecular weight excluding hydrogens is 427 g/mol. The smallest absolute Gasteiger partial charge is 0.190 e. The second-order valence-electron chi connectivity index (χ2n) is 7.56. The predicted octanol–water partition coefficient (Wildman–Crippen LogP) is 3.45. The number of halogens is 1. The van der Waals surface area contributed by atoms with Gasteiger partial charge in [0.25, 0.3) is 0 Å². The van der Waals surface area contributed by atoms with Crippen molar-refractivity contribution in [2.24, 2.45) is 16.3 Å². The van der Waals surface area contributed by atoms with E-state index >= 15 is 0 Å². The van der Waals surface area contributed by atoms with Gasteiger partial charge in [0.15, 0.2) is 5.96 Å². The van der Waals surface area contributed by atoms with Gasteiger partial charge in [0.05, 0.1) is 0 Å². The molecule has 0 aromatic carbocycles. The van der Waals surface area contributed by atoms with Gasteiger partial charge in [-0.05, 0) is 43.4 Å². The van der Waals surface area contributed by atoms with Gasteiger partial charge in [-0.15, -0.1) is 34.2 Å². The van der Waals surface area contributed by atoms with Crippen LogP contribution in [0.15, 0.2) is 17.6 Å². The number of nitrogens with one attached hydrogen (secondary N) is 2. The molecule has 0 radical (unpaired) electrons. The van der Waals surface area contributed by atoms with Crippen molar-refractivity contribution in [1.29, 1.82) is 0 Å². The Bertz CT molecular complexity index is 480. The Kier molecular flexibility index (Phi) is 10.4. The molecule has 1 aliphatic rings. The second kappa shape index (κ2) is 11.7. The average molecular weight is 462 g/mol. The molecule has 144 valence electrons. The Morgan fingerprint density at radius 3 is 2.44 bits per heavy atom. The predicted molar refractivity (Wildman–Crippen MR) is 114 cm³/mol. The molecule has 1 saturated carbocycles. The van der Waals surface area contributed by atoms with Crippen molar-refractivity contribution in [2.75, 3.05) is 20.1 Å². The van der Waals surface area contributed by atoms with Gasteiger partial charge >= 0.3 is 0 Å². The van der Waals surface area contributed by atoms with Crippen LogP contribution in [0.1, 0.15) is 58.8 Å². The van der Waals surface area contributed by atoms with E-state index in [1.165, 1.54) is 32.1 Å². The van der Waals surface area contributed by atoms with Crippen LogP contribution in [-0.2, 0) is 6.54 Å². The second-order valence-corrected chi connectivity index (χ2v) is 7.56. The number of hydrogen-bond acceptors (Lipinski definition) is 3. The van der Waals surface area contributed by atoms with Crippen molar-refractivity contribution in [3.05, 3.63) is 12.7 Å². The van der Waals surface area contributed by atoms with E-state index in [0.29, 0.717) is 5.41 Å². The Balaban J connectivity index is 0.00000312. The lowest BCUT2D eigenvalue weighted by Crippen LogP contribution is -2.43. The van der Waals surface area contributed by atoms with E-state index in [9.17, 15) is 0 Å². The lowest BCUT2D eigenvalue weighted by molar-refractivity contribution is 0.235. The highest BCUT2D eigenvalue weighted by Gasteiger charge is 2.34. The third-order valence-corrected chi connectivity index (χ3v) is 4.96. The van der Waals surface area contributed by atoms with E-state index in [2.05, 4.69) is 39.7 Å². The van der Waals surface area contributed by atoms with Gasteiger partial charge in [0.2, 0.25) is 0 Å². The molecule has 0 saturated heterocycles. The summed E-state index contributed by atoms with van der Waals surface area (Å²) >= 11 is 0. The van der Waals surface area contributed by atoms with Crippen LogP contribution in [0.5, 0.6) is 0 Å². The Morgan fingerprint density at radius 1 is 1.16 bits per heavy atom. The van der Waals surface area contributed by atoms with Gasteiger partial charge in [0.1, 0.15) is 12.7 Å². The topological polar surface area (TPSA) is 67.1 Å². The molecule has 0 spiro atoms. The van der Waals surface area contributed by atoms with Crippen molar-refractivity contribution in [1.82, 2.24) is 25.4 Å². The molecule has 2 N–H and O–H groups in total. The zero-order valence-electron chi connectivity index (χ0n) is 16.0. The van der Waals surface area contributed by atoms with E-state index in [-0.39, 0.29) is 24.0 Å². The lowest BCUT2D eigenvalue weighted by atomic mass is 9.78. The summed E-state index contributed by atoms with van der Waals surface area (Å²) in [6, 6.07) is 0. The van der Waals surface area contributed by atoms with Gasteiger partial charge in [0, 0.05) is 26.7 Å². The van der Waals surface area contributed by atoms with Crippen LogP contribution in [0.3, 0.4) is 0 Å². The normalized spacial score (nSPS) is 16.7. The molecule has 0 amide bonds. The largest absolute Gasteiger partial charge is 0.356 e. The van der Waals surface area contributed by atoms with Gasteiger partial charge < -0.3 is 15.2 Å². The first-order chi connectivity index (χ1) is 11.6. The Labute approximate surface area is 169 Å². The molecule has 7 heteroatoms. The summed E-state index contributed by atoms with van der Waals surface area (Å²) in [5, 5.41) is 14.7. The third kappa shape index (κ3) is 7.92. The molecule has 0 aliphatic heterocycles. The maximum Gasteiger partial charge on any atom is 0.190 e. The highest BCUT2D eigenvalue weighted by atomic mass is 127. The zero-order chi connectivity index (χ0) is 17.3. The molecule has 1 aliphatic carbocycles. The van der Waals surface area contributed by atoms with E-state index in [1.807, 2.05) is 11.6 Å². The van der Waals surface area contributed by atoms with Crippen LogP contribution < -0.4 is 10.6 Å². The highest BCUT2D eigenvalue weighted by Crippen LogP contribution is 2.42. The molecule has 2 rings (SSSR count). The summed E-state index contributed by atoms with van der Waals surface area (Å²) in [5.74, 6) is 1.70. The van der Waals surface area contributed by atoms with Crippen LogP contribution in [0.25, 0.3) is 0 Å². The molecule has 6 nitrogen and oxygen atoms in total. The first kappa shape index (κ1) is 22.2. The fraction of sp³-hybridized carbons (Fsp3) is 0.833. The minimum atomic E-state index is 0. The highest BCUT2D eigenvalue weighted by molar-refractivity contribution is 14.0. The fourth-order valence-electron chi connectivity index (χ4n) is 3.90. The standard InChI is InChI=1S/C18H34N6.HI/c1-16(2)12-18(8-4-5-9-18)13-21-17(19-3)20-10-6-7-11-24-14-22-23-15-24;/h14-16H,4-13H2,1-3H3,(H2,19,20,21);1H. The number of rotatable bonds is 9.